The van der Waals surface area contributed by atoms with Crippen LogP contribution in [-0.4, -0.2) is 37.4 Å². The number of hydrogen-bond donors (Lipinski definition) is 1. The highest BCUT2D eigenvalue weighted by molar-refractivity contribution is 5.96. The van der Waals surface area contributed by atoms with Crippen molar-refractivity contribution in [3.05, 3.63) is 77.9 Å². The van der Waals surface area contributed by atoms with Gasteiger partial charge in [-0.05, 0) is 46.7 Å². The third kappa shape index (κ3) is 4.64. The molecule has 0 heterocycles. The molecule has 5 nitrogen and oxygen atoms in total. The SMILES string of the molecule is COc1ccc2cc(CN(C)C(=O)CNC(=O)c3ccccc3)ccc2c1. The van der Waals surface area contributed by atoms with Gasteiger partial charge in [-0.2, -0.15) is 0 Å². The van der Waals surface area contributed by atoms with Gasteiger partial charge in [-0.1, -0.05) is 36.4 Å². The van der Waals surface area contributed by atoms with Crippen LogP contribution in [0.3, 0.4) is 0 Å². The lowest BCUT2D eigenvalue weighted by molar-refractivity contribution is -0.129. The normalized spacial score (nSPS) is 10.4. The molecule has 0 aliphatic rings. The number of rotatable bonds is 6. The Kier molecular flexibility index (Phi) is 5.71. The maximum absolute atomic E-state index is 12.3. The van der Waals surface area contributed by atoms with Crippen molar-refractivity contribution in [2.45, 2.75) is 6.54 Å². The molecule has 0 aliphatic carbocycles. The number of carbonyl (C=O) groups excluding carboxylic acids is 2. The molecule has 0 unspecified atom stereocenters. The molecule has 0 radical (unpaired) electrons. The first kappa shape index (κ1) is 18.5. The number of ether oxygens (including phenoxy) is 1. The number of benzene rings is 3. The van der Waals surface area contributed by atoms with Gasteiger partial charge in [-0.25, -0.2) is 0 Å². The van der Waals surface area contributed by atoms with E-state index in [1.807, 2.05) is 36.4 Å². The summed E-state index contributed by atoms with van der Waals surface area (Å²) >= 11 is 0. The molecule has 0 saturated carbocycles. The average Bonchev–Trinajstić information content (AvgIpc) is 2.71. The van der Waals surface area contributed by atoms with E-state index < -0.39 is 0 Å². The van der Waals surface area contributed by atoms with E-state index in [-0.39, 0.29) is 18.4 Å². The molecule has 0 fully saturated rings. The molecular formula is C22H22N2O3. The average molecular weight is 362 g/mol. The molecule has 0 aliphatic heterocycles. The Morgan fingerprint density at radius 1 is 0.963 bits per heavy atom. The highest BCUT2D eigenvalue weighted by Crippen LogP contribution is 2.22. The van der Waals surface area contributed by atoms with Crippen molar-refractivity contribution in [2.24, 2.45) is 0 Å². The van der Waals surface area contributed by atoms with Crippen molar-refractivity contribution >= 4 is 22.6 Å². The molecule has 138 valence electrons. The van der Waals surface area contributed by atoms with Gasteiger partial charge in [0.2, 0.25) is 5.91 Å². The van der Waals surface area contributed by atoms with Crippen LogP contribution in [0.2, 0.25) is 0 Å². The van der Waals surface area contributed by atoms with Crippen molar-refractivity contribution in [3.8, 4) is 5.75 Å². The Labute approximate surface area is 158 Å². The Morgan fingerprint density at radius 2 is 1.67 bits per heavy atom. The van der Waals surface area contributed by atoms with E-state index >= 15 is 0 Å². The van der Waals surface area contributed by atoms with Gasteiger partial charge in [0.15, 0.2) is 0 Å². The topological polar surface area (TPSA) is 58.6 Å². The zero-order valence-corrected chi connectivity index (χ0v) is 15.4. The number of nitrogens with one attached hydrogen (secondary N) is 1. The highest BCUT2D eigenvalue weighted by Gasteiger charge is 2.12. The minimum Gasteiger partial charge on any atom is -0.497 e. The number of amides is 2. The van der Waals surface area contributed by atoms with Gasteiger partial charge < -0.3 is 15.0 Å². The Hall–Kier alpha value is -3.34. The summed E-state index contributed by atoms with van der Waals surface area (Å²) in [5.41, 5.74) is 1.57. The largest absolute Gasteiger partial charge is 0.497 e. The van der Waals surface area contributed by atoms with E-state index in [0.29, 0.717) is 12.1 Å². The molecule has 27 heavy (non-hydrogen) atoms. The number of methoxy groups -OCH3 is 1. The van der Waals surface area contributed by atoms with Gasteiger partial charge in [0.05, 0.1) is 13.7 Å². The monoisotopic (exact) mass is 362 g/mol. The fourth-order valence-corrected chi connectivity index (χ4v) is 2.84. The summed E-state index contributed by atoms with van der Waals surface area (Å²) in [5, 5.41) is 4.84. The lowest BCUT2D eigenvalue weighted by Gasteiger charge is -2.18. The summed E-state index contributed by atoms with van der Waals surface area (Å²) in [6.45, 7) is 0.441. The maximum atomic E-state index is 12.3. The van der Waals surface area contributed by atoms with E-state index in [9.17, 15) is 9.59 Å². The first-order chi connectivity index (χ1) is 13.1. The number of fused-ring (bicyclic) bond motifs is 1. The summed E-state index contributed by atoms with van der Waals surface area (Å²) < 4.78 is 5.24. The fourth-order valence-electron chi connectivity index (χ4n) is 2.84. The van der Waals surface area contributed by atoms with Crippen LogP contribution in [-0.2, 0) is 11.3 Å². The molecule has 0 bridgehead atoms. The number of nitrogens with zero attached hydrogens (tertiary/aromatic N) is 1. The fraction of sp³-hybridized carbons (Fsp3) is 0.182. The smallest absolute Gasteiger partial charge is 0.251 e. The Balaban J connectivity index is 1.59. The van der Waals surface area contributed by atoms with Gasteiger partial charge in [0.1, 0.15) is 5.75 Å². The Bertz CT molecular complexity index is 954. The highest BCUT2D eigenvalue weighted by atomic mass is 16.5. The van der Waals surface area contributed by atoms with E-state index in [0.717, 1.165) is 22.1 Å². The summed E-state index contributed by atoms with van der Waals surface area (Å²) in [4.78, 5) is 26.0. The second-order valence-corrected chi connectivity index (χ2v) is 6.35. The summed E-state index contributed by atoms with van der Waals surface area (Å²) in [6.07, 6.45) is 0. The molecule has 0 spiro atoms. The maximum Gasteiger partial charge on any atom is 0.251 e. The van der Waals surface area contributed by atoms with Crippen LogP contribution in [0.4, 0.5) is 0 Å². The van der Waals surface area contributed by atoms with Crippen LogP contribution in [0.25, 0.3) is 10.8 Å². The molecular weight excluding hydrogens is 340 g/mol. The summed E-state index contributed by atoms with van der Waals surface area (Å²) in [5.74, 6) is 0.419. The number of likely N-dealkylation sites (N-methyl/N-ethyl adjacent to an activating group) is 1. The standard InChI is InChI=1S/C22H22N2O3/c1-24(21(25)14-23-22(26)17-6-4-3-5-7-17)15-16-8-9-19-13-20(27-2)11-10-18(19)12-16/h3-13H,14-15H2,1-2H3,(H,23,26). The molecule has 2 amide bonds. The third-order valence-electron chi connectivity index (χ3n) is 4.39. The van der Waals surface area contributed by atoms with E-state index in [1.165, 1.54) is 0 Å². The number of hydrogen-bond acceptors (Lipinski definition) is 3. The van der Waals surface area contributed by atoms with E-state index in [4.69, 9.17) is 4.74 Å². The first-order valence-corrected chi connectivity index (χ1v) is 8.71. The van der Waals surface area contributed by atoms with E-state index in [1.54, 1.807) is 43.3 Å². The van der Waals surface area contributed by atoms with Gasteiger partial charge in [-0.15, -0.1) is 0 Å². The third-order valence-corrected chi connectivity index (χ3v) is 4.39. The molecule has 5 heteroatoms. The van der Waals surface area contributed by atoms with Crippen molar-refractivity contribution in [2.75, 3.05) is 20.7 Å². The van der Waals surface area contributed by atoms with Gasteiger partial charge in [-0.3, -0.25) is 9.59 Å². The quantitative estimate of drug-likeness (QED) is 0.732. The zero-order valence-electron chi connectivity index (χ0n) is 15.4. The van der Waals surface area contributed by atoms with Crippen LogP contribution >= 0.6 is 0 Å². The molecule has 3 rings (SSSR count). The van der Waals surface area contributed by atoms with Crippen molar-refractivity contribution in [1.29, 1.82) is 0 Å². The van der Waals surface area contributed by atoms with Crippen molar-refractivity contribution < 1.29 is 14.3 Å². The van der Waals surface area contributed by atoms with Crippen molar-refractivity contribution in [3.63, 3.8) is 0 Å². The van der Waals surface area contributed by atoms with Gasteiger partial charge >= 0.3 is 0 Å². The molecule has 3 aromatic rings. The van der Waals surface area contributed by atoms with Crippen molar-refractivity contribution in [1.82, 2.24) is 10.2 Å². The zero-order chi connectivity index (χ0) is 19.2. The van der Waals surface area contributed by atoms with Crippen LogP contribution in [0.5, 0.6) is 5.75 Å². The van der Waals surface area contributed by atoms with Crippen LogP contribution < -0.4 is 10.1 Å². The lowest BCUT2D eigenvalue weighted by atomic mass is 10.1. The molecule has 0 atom stereocenters. The molecule has 1 N–H and O–H groups in total. The second-order valence-electron chi connectivity index (χ2n) is 6.35. The molecule has 0 aromatic heterocycles. The van der Waals surface area contributed by atoms with Crippen LogP contribution in [0.1, 0.15) is 15.9 Å². The minimum atomic E-state index is -0.253. The van der Waals surface area contributed by atoms with E-state index in [2.05, 4.69) is 11.4 Å². The predicted octanol–water partition coefficient (Wildman–Crippen LogP) is 3.24. The predicted molar refractivity (Wildman–Crippen MR) is 106 cm³/mol. The van der Waals surface area contributed by atoms with Gasteiger partial charge in [0, 0.05) is 19.2 Å². The molecule has 3 aromatic carbocycles. The summed E-state index contributed by atoms with van der Waals surface area (Å²) in [7, 11) is 3.38. The Morgan fingerprint density at radius 3 is 2.41 bits per heavy atom. The van der Waals surface area contributed by atoms with Gasteiger partial charge in [0.25, 0.3) is 5.91 Å². The minimum absolute atomic E-state index is 0.0327. The number of carbonyl (C=O) groups is 2. The van der Waals surface area contributed by atoms with Crippen LogP contribution in [0.15, 0.2) is 66.7 Å². The van der Waals surface area contributed by atoms with Crippen LogP contribution in [0, 0.1) is 0 Å². The lowest BCUT2D eigenvalue weighted by Crippen LogP contribution is -2.37. The second kappa shape index (κ2) is 8.36. The molecule has 0 saturated heterocycles. The first-order valence-electron chi connectivity index (χ1n) is 8.71. The summed E-state index contributed by atoms with van der Waals surface area (Å²) in [6, 6.07) is 20.8.